The van der Waals surface area contributed by atoms with Crippen molar-refractivity contribution in [1.29, 1.82) is 0 Å². The highest BCUT2D eigenvalue weighted by Gasteiger charge is 2.11. The van der Waals surface area contributed by atoms with Gasteiger partial charge in [-0.3, -0.25) is 4.79 Å². The number of amides is 1. The number of nitrogens with one attached hydrogen (secondary N) is 2. The van der Waals surface area contributed by atoms with Gasteiger partial charge in [0.2, 0.25) is 11.8 Å². The van der Waals surface area contributed by atoms with E-state index in [0.29, 0.717) is 16.3 Å². The van der Waals surface area contributed by atoms with E-state index in [-0.39, 0.29) is 16.6 Å². The van der Waals surface area contributed by atoms with Crippen molar-refractivity contribution in [3.63, 3.8) is 0 Å². The fourth-order valence-corrected chi connectivity index (χ4v) is 1.63. The zero-order valence-electron chi connectivity index (χ0n) is 8.78. The van der Waals surface area contributed by atoms with E-state index in [2.05, 4.69) is 15.5 Å². The first-order chi connectivity index (χ1) is 8.06. The Hall–Kier alpha value is -1.66. The molecule has 7 heteroatoms. The molecular weight excluding hydrogens is 262 g/mol. The molecule has 0 aliphatic rings. The Bertz CT molecular complexity index is 620. The van der Waals surface area contributed by atoms with Crippen LogP contribution in [0.15, 0.2) is 22.6 Å². The number of benzene rings is 1. The molecule has 0 radical (unpaired) electrons. The number of halogens is 1. The Labute approximate surface area is 107 Å². The van der Waals surface area contributed by atoms with E-state index in [9.17, 15) is 4.79 Å². The normalized spacial score (nSPS) is 10.2. The van der Waals surface area contributed by atoms with Gasteiger partial charge in [-0.25, -0.2) is 5.10 Å². The van der Waals surface area contributed by atoms with Crippen LogP contribution < -0.4 is 5.32 Å². The second-order valence-corrected chi connectivity index (χ2v) is 4.10. The number of hydrogen-bond acceptors (Lipinski definition) is 4. The summed E-state index contributed by atoms with van der Waals surface area (Å²) in [7, 11) is 0. The predicted octanol–water partition coefficient (Wildman–Crippen LogP) is 3.01. The first-order valence-electron chi connectivity index (χ1n) is 4.69. The second-order valence-electron chi connectivity index (χ2n) is 3.29. The third kappa shape index (κ3) is 2.72. The van der Waals surface area contributed by atoms with Gasteiger partial charge in [0, 0.05) is 11.9 Å². The number of carbonyl (C=O) groups excluding carboxylic acids is 1. The van der Waals surface area contributed by atoms with Gasteiger partial charge in [-0.05, 0) is 30.4 Å². The maximum atomic E-state index is 11.1. The number of rotatable bonds is 2. The smallest absolute Gasteiger partial charge is 0.284 e. The molecule has 1 aromatic carbocycles. The summed E-state index contributed by atoms with van der Waals surface area (Å²) in [4.78, 5) is 11.2. The molecule has 0 saturated carbocycles. The van der Waals surface area contributed by atoms with E-state index in [1.807, 2.05) is 0 Å². The van der Waals surface area contributed by atoms with Crippen LogP contribution in [0.3, 0.4) is 0 Å². The van der Waals surface area contributed by atoms with Crippen LogP contribution in [0, 0.1) is 4.84 Å². The Balaban J connectivity index is 2.53. The van der Waals surface area contributed by atoms with Crippen LogP contribution in [0.5, 0.6) is 0 Å². The molecule has 1 heterocycles. The molecule has 0 aliphatic carbocycles. The summed E-state index contributed by atoms with van der Waals surface area (Å²) in [5.74, 6) is 0.0870. The lowest BCUT2D eigenvalue weighted by Crippen LogP contribution is -2.06. The molecule has 2 N–H and O–H groups in total. The zero-order valence-corrected chi connectivity index (χ0v) is 10.4. The zero-order chi connectivity index (χ0) is 12.4. The van der Waals surface area contributed by atoms with Crippen molar-refractivity contribution in [2.75, 3.05) is 5.32 Å². The highest BCUT2D eigenvalue weighted by Crippen LogP contribution is 2.29. The number of aromatic amines is 1. The Kier molecular flexibility index (Phi) is 3.26. The van der Waals surface area contributed by atoms with Crippen LogP contribution in [-0.2, 0) is 4.79 Å². The average Bonchev–Trinajstić information content (AvgIpc) is 2.67. The molecule has 2 aromatic rings. The summed E-state index contributed by atoms with van der Waals surface area (Å²) in [5, 5.41) is 9.57. The van der Waals surface area contributed by atoms with Crippen molar-refractivity contribution in [2.24, 2.45) is 0 Å². The summed E-state index contributed by atoms with van der Waals surface area (Å²) in [6, 6.07) is 4.98. The van der Waals surface area contributed by atoms with Crippen molar-refractivity contribution in [1.82, 2.24) is 10.2 Å². The molecule has 0 spiro atoms. The van der Waals surface area contributed by atoms with E-state index < -0.39 is 0 Å². The lowest BCUT2D eigenvalue weighted by atomic mass is 10.1. The van der Waals surface area contributed by atoms with Crippen LogP contribution in [0.25, 0.3) is 11.5 Å². The average molecular weight is 270 g/mol. The van der Waals surface area contributed by atoms with Crippen LogP contribution in [0.4, 0.5) is 5.69 Å². The highest BCUT2D eigenvalue weighted by molar-refractivity contribution is 7.71. The van der Waals surface area contributed by atoms with E-state index in [1.165, 1.54) is 6.92 Å². The first-order valence-corrected chi connectivity index (χ1v) is 5.48. The third-order valence-electron chi connectivity index (χ3n) is 1.96. The highest BCUT2D eigenvalue weighted by atomic mass is 35.5. The molecule has 0 fully saturated rings. The van der Waals surface area contributed by atoms with E-state index in [4.69, 9.17) is 28.2 Å². The monoisotopic (exact) mass is 269 g/mol. The summed E-state index contributed by atoms with van der Waals surface area (Å²) in [6.07, 6.45) is 0. The van der Waals surface area contributed by atoms with Gasteiger partial charge in [0.15, 0.2) is 0 Å². The van der Waals surface area contributed by atoms with Gasteiger partial charge in [0.05, 0.1) is 11.3 Å². The second kappa shape index (κ2) is 4.68. The maximum absolute atomic E-state index is 11.1. The lowest BCUT2D eigenvalue weighted by molar-refractivity contribution is -0.114. The molecule has 2 rings (SSSR count). The van der Waals surface area contributed by atoms with Gasteiger partial charge in [0.1, 0.15) is 0 Å². The van der Waals surface area contributed by atoms with E-state index >= 15 is 0 Å². The fourth-order valence-electron chi connectivity index (χ4n) is 1.34. The van der Waals surface area contributed by atoms with Crippen LogP contribution in [-0.4, -0.2) is 16.1 Å². The van der Waals surface area contributed by atoms with Gasteiger partial charge in [-0.2, -0.15) is 0 Å². The topological polar surface area (TPSA) is 70.9 Å². The molecule has 0 unspecified atom stereocenters. The molecule has 1 amide bonds. The molecule has 1 aromatic heterocycles. The number of anilines is 1. The number of nitrogens with zero attached hydrogens (tertiary/aromatic N) is 1. The SMILES string of the molecule is CC(=O)Nc1ccc(Cl)cc1-c1n[nH]c(=S)o1. The minimum atomic E-state index is -0.192. The van der Waals surface area contributed by atoms with E-state index in [1.54, 1.807) is 18.2 Å². The molecule has 0 atom stereocenters. The van der Waals surface area contributed by atoms with Gasteiger partial charge >= 0.3 is 0 Å². The summed E-state index contributed by atoms with van der Waals surface area (Å²) >= 11 is 10.7. The Morgan fingerprint density at radius 3 is 2.94 bits per heavy atom. The third-order valence-corrected chi connectivity index (χ3v) is 2.37. The molecule has 0 saturated heterocycles. The van der Waals surface area contributed by atoms with Crippen LogP contribution >= 0.6 is 23.8 Å². The predicted molar refractivity (Wildman–Crippen MR) is 66.4 cm³/mol. The lowest BCUT2D eigenvalue weighted by Gasteiger charge is -2.06. The van der Waals surface area contributed by atoms with Crippen LogP contribution in [0.2, 0.25) is 5.02 Å². The van der Waals surface area contributed by atoms with Crippen molar-refractivity contribution in [2.45, 2.75) is 6.92 Å². The number of carbonyl (C=O) groups is 1. The Morgan fingerprint density at radius 1 is 1.59 bits per heavy atom. The minimum absolute atomic E-state index is 0.161. The van der Waals surface area contributed by atoms with Gasteiger partial charge in [-0.15, -0.1) is 5.10 Å². The summed E-state index contributed by atoms with van der Waals surface area (Å²) < 4.78 is 5.18. The number of aromatic nitrogens is 2. The van der Waals surface area contributed by atoms with Gasteiger partial charge < -0.3 is 9.73 Å². The molecule has 17 heavy (non-hydrogen) atoms. The standard InChI is InChI=1S/C10H8ClN3O2S/c1-5(15)12-8-3-2-6(11)4-7(8)9-13-14-10(17)16-9/h2-4H,1H3,(H,12,15)(H,14,17). The molecule has 5 nitrogen and oxygen atoms in total. The van der Waals surface area contributed by atoms with Gasteiger partial charge in [0.25, 0.3) is 4.84 Å². The number of hydrogen-bond donors (Lipinski definition) is 2. The van der Waals surface area contributed by atoms with E-state index in [0.717, 1.165) is 0 Å². The minimum Gasteiger partial charge on any atom is -0.409 e. The molecule has 88 valence electrons. The molecule has 0 aliphatic heterocycles. The fraction of sp³-hybridized carbons (Fsp3) is 0.100. The number of H-pyrrole nitrogens is 1. The van der Waals surface area contributed by atoms with Crippen molar-refractivity contribution < 1.29 is 9.21 Å². The van der Waals surface area contributed by atoms with Crippen LogP contribution in [0.1, 0.15) is 6.92 Å². The summed E-state index contributed by atoms with van der Waals surface area (Å²) in [5.41, 5.74) is 1.13. The quantitative estimate of drug-likeness (QED) is 0.822. The largest absolute Gasteiger partial charge is 0.409 e. The summed E-state index contributed by atoms with van der Waals surface area (Å²) in [6.45, 7) is 1.42. The van der Waals surface area contributed by atoms with Crippen molar-refractivity contribution in [3.05, 3.63) is 28.1 Å². The first kappa shape index (κ1) is 11.8. The molecule has 0 bridgehead atoms. The molecular formula is C10H8ClN3O2S. The van der Waals surface area contributed by atoms with Crippen molar-refractivity contribution in [3.8, 4) is 11.5 Å². The van der Waals surface area contributed by atoms with Gasteiger partial charge in [-0.1, -0.05) is 11.6 Å². The Morgan fingerprint density at radius 2 is 2.35 bits per heavy atom. The maximum Gasteiger partial charge on any atom is 0.284 e. The van der Waals surface area contributed by atoms with Crippen molar-refractivity contribution >= 4 is 35.4 Å².